The molecule has 0 bridgehead atoms. The topological polar surface area (TPSA) is 74.0 Å². The van der Waals surface area contributed by atoms with E-state index in [2.05, 4.69) is 4.98 Å². The molecule has 5 nitrogen and oxygen atoms in total. The van der Waals surface area contributed by atoms with Gasteiger partial charge in [0.05, 0.1) is 17.6 Å². The van der Waals surface area contributed by atoms with Gasteiger partial charge < -0.3 is 10.2 Å². The minimum absolute atomic E-state index is 0.376. The van der Waals surface area contributed by atoms with Crippen molar-refractivity contribution in [3.63, 3.8) is 0 Å². The third-order valence-corrected chi connectivity index (χ3v) is 3.25. The van der Waals surface area contributed by atoms with Crippen molar-refractivity contribution in [3.05, 3.63) is 45.3 Å². The molecule has 1 aromatic carbocycles. The molecule has 2 N–H and O–H groups in total. The van der Waals surface area contributed by atoms with Gasteiger partial charge in [-0.25, -0.2) is 4.79 Å². The number of oxazole rings is 1. The summed E-state index contributed by atoms with van der Waals surface area (Å²) in [5, 5.41) is 0. The highest BCUT2D eigenvalue weighted by atomic mass is 32.1. The quantitative estimate of drug-likeness (QED) is 0.699. The summed E-state index contributed by atoms with van der Waals surface area (Å²) in [5.41, 5.74) is 9.31. The normalized spacial score (nSPS) is 11.1. The van der Waals surface area contributed by atoms with Crippen molar-refractivity contribution in [2.45, 2.75) is 6.54 Å². The van der Waals surface area contributed by atoms with Crippen LogP contribution in [0, 0.1) is 0 Å². The van der Waals surface area contributed by atoms with E-state index in [1.54, 1.807) is 34.5 Å². The van der Waals surface area contributed by atoms with E-state index < -0.39 is 0 Å². The third kappa shape index (κ3) is 1.72. The van der Waals surface area contributed by atoms with Gasteiger partial charge in [-0.05, 0) is 18.2 Å². The highest BCUT2D eigenvalue weighted by Crippen LogP contribution is 2.18. The number of rotatable bonds is 2. The molecule has 0 amide bonds. The molecule has 17 heavy (non-hydrogen) atoms. The number of thiazole rings is 1. The Morgan fingerprint density at radius 1 is 1.47 bits per heavy atom. The number of nitrogen functional groups attached to an aromatic ring is 1. The maximum atomic E-state index is 11.7. The number of nitrogens with zero attached hydrogens (tertiary/aromatic N) is 2. The van der Waals surface area contributed by atoms with Crippen LogP contribution in [0.25, 0.3) is 11.1 Å². The van der Waals surface area contributed by atoms with Crippen molar-refractivity contribution in [2.24, 2.45) is 0 Å². The molecule has 3 rings (SSSR count). The van der Waals surface area contributed by atoms with E-state index >= 15 is 0 Å². The zero-order chi connectivity index (χ0) is 11.8. The molecule has 2 aromatic heterocycles. The van der Waals surface area contributed by atoms with Crippen LogP contribution in [0.4, 0.5) is 5.69 Å². The maximum absolute atomic E-state index is 11.7. The molecule has 0 spiro atoms. The molecular weight excluding hydrogens is 238 g/mol. The van der Waals surface area contributed by atoms with Crippen LogP contribution < -0.4 is 11.5 Å². The van der Waals surface area contributed by atoms with Crippen molar-refractivity contribution in [3.8, 4) is 0 Å². The van der Waals surface area contributed by atoms with Crippen molar-refractivity contribution >= 4 is 28.1 Å². The van der Waals surface area contributed by atoms with Gasteiger partial charge in [-0.15, -0.1) is 11.3 Å². The maximum Gasteiger partial charge on any atom is 0.420 e. The molecule has 86 valence electrons. The van der Waals surface area contributed by atoms with Gasteiger partial charge in [-0.2, -0.15) is 0 Å². The molecule has 0 saturated carbocycles. The van der Waals surface area contributed by atoms with E-state index in [0.29, 0.717) is 23.3 Å². The van der Waals surface area contributed by atoms with Crippen LogP contribution in [0.2, 0.25) is 0 Å². The first kappa shape index (κ1) is 10.1. The predicted molar refractivity (Wildman–Crippen MR) is 66.1 cm³/mol. The number of benzene rings is 1. The van der Waals surface area contributed by atoms with Gasteiger partial charge in [-0.3, -0.25) is 9.55 Å². The van der Waals surface area contributed by atoms with Crippen molar-refractivity contribution in [1.29, 1.82) is 0 Å². The molecule has 6 heteroatoms. The first-order chi connectivity index (χ1) is 8.24. The summed E-state index contributed by atoms with van der Waals surface area (Å²) in [5.74, 6) is -0.376. The molecule has 3 aromatic rings. The molecule has 0 fully saturated rings. The second-order valence-corrected chi connectivity index (χ2v) is 4.62. The Bertz CT molecular complexity index is 712. The lowest BCUT2D eigenvalue weighted by Crippen LogP contribution is -2.14. The van der Waals surface area contributed by atoms with E-state index in [-0.39, 0.29) is 5.76 Å². The summed E-state index contributed by atoms with van der Waals surface area (Å²) in [6.07, 6.45) is 1.74. The largest absolute Gasteiger partial charge is 0.420 e. The molecule has 0 radical (unpaired) electrons. The Hall–Kier alpha value is -2.08. The summed E-state index contributed by atoms with van der Waals surface area (Å²) in [6, 6.07) is 5.15. The predicted octanol–water partition coefficient (Wildman–Crippen LogP) is 1.68. The Morgan fingerprint density at radius 3 is 3.12 bits per heavy atom. The van der Waals surface area contributed by atoms with Gasteiger partial charge in [0.25, 0.3) is 0 Å². The fourth-order valence-electron chi connectivity index (χ4n) is 1.70. The third-order valence-electron chi connectivity index (χ3n) is 2.49. The number of hydrogen-bond acceptors (Lipinski definition) is 5. The second-order valence-electron chi connectivity index (χ2n) is 3.65. The molecule has 0 aliphatic heterocycles. The van der Waals surface area contributed by atoms with Crippen LogP contribution in [0.15, 0.2) is 39.1 Å². The Balaban J connectivity index is 2.17. The highest BCUT2D eigenvalue weighted by molar-refractivity contribution is 7.09. The van der Waals surface area contributed by atoms with Crippen LogP contribution in [0.5, 0.6) is 0 Å². The van der Waals surface area contributed by atoms with Crippen LogP contribution >= 0.6 is 11.3 Å². The minimum atomic E-state index is -0.376. The van der Waals surface area contributed by atoms with Crippen molar-refractivity contribution in [1.82, 2.24) is 9.55 Å². The zero-order valence-corrected chi connectivity index (χ0v) is 9.61. The van der Waals surface area contributed by atoms with Crippen LogP contribution in [0.1, 0.15) is 4.88 Å². The molecule has 2 heterocycles. The van der Waals surface area contributed by atoms with Gasteiger partial charge in [0.1, 0.15) is 0 Å². The summed E-state index contributed by atoms with van der Waals surface area (Å²) in [7, 11) is 0. The average molecular weight is 247 g/mol. The minimum Gasteiger partial charge on any atom is -0.408 e. The van der Waals surface area contributed by atoms with E-state index in [1.165, 1.54) is 11.3 Å². The van der Waals surface area contributed by atoms with E-state index in [9.17, 15) is 4.79 Å². The number of hydrogen-bond donors (Lipinski definition) is 1. The van der Waals surface area contributed by atoms with Crippen molar-refractivity contribution < 1.29 is 4.42 Å². The first-order valence-corrected chi connectivity index (χ1v) is 5.88. The number of nitrogens with two attached hydrogens (primary N) is 1. The SMILES string of the molecule is Nc1ccc2oc(=O)n(Cc3cncs3)c2c1. The lowest BCUT2D eigenvalue weighted by atomic mass is 10.3. The zero-order valence-electron chi connectivity index (χ0n) is 8.79. The Labute approximate surface area is 100 Å². The molecule has 0 saturated heterocycles. The van der Waals surface area contributed by atoms with Gasteiger partial charge in [0.2, 0.25) is 0 Å². The van der Waals surface area contributed by atoms with E-state index in [4.69, 9.17) is 10.2 Å². The molecule has 0 aliphatic carbocycles. The fraction of sp³-hybridized carbons (Fsp3) is 0.0909. The molecule has 0 unspecified atom stereocenters. The lowest BCUT2D eigenvalue weighted by molar-refractivity contribution is 0.518. The fourth-order valence-corrected chi connectivity index (χ4v) is 2.29. The summed E-state index contributed by atoms with van der Waals surface area (Å²) >= 11 is 1.50. The Kier molecular flexibility index (Phi) is 2.22. The van der Waals surface area contributed by atoms with Gasteiger partial charge in [0.15, 0.2) is 5.58 Å². The average Bonchev–Trinajstić information content (AvgIpc) is 2.90. The molecule has 0 atom stereocenters. The van der Waals surface area contributed by atoms with Crippen LogP contribution in [-0.2, 0) is 6.54 Å². The van der Waals surface area contributed by atoms with E-state index in [1.807, 2.05) is 0 Å². The molecule has 0 aliphatic rings. The van der Waals surface area contributed by atoms with E-state index in [0.717, 1.165) is 4.88 Å². The van der Waals surface area contributed by atoms with Crippen LogP contribution in [0.3, 0.4) is 0 Å². The summed E-state index contributed by atoms with van der Waals surface area (Å²) in [4.78, 5) is 16.7. The van der Waals surface area contributed by atoms with Crippen molar-refractivity contribution in [2.75, 3.05) is 5.73 Å². The standard InChI is InChI=1S/C11H9N3O2S/c12-7-1-2-10-9(3-7)14(11(15)16-10)5-8-4-13-6-17-8/h1-4,6H,5,12H2. The lowest BCUT2D eigenvalue weighted by Gasteiger charge is -1.99. The number of aromatic nitrogens is 2. The molecular formula is C11H9N3O2S. The monoisotopic (exact) mass is 247 g/mol. The highest BCUT2D eigenvalue weighted by Gasteiger charge is 2.10. The van der Waals surface area contributed by atoms with Gasteiger partial charge in [0, 0.05) is 16.8 Å². The Morgan fingerprint density at radius 2 is 2.35 bits per heavy atom. The van der Waals surface area contributed by atoms with Gasteiger partial charge in [-0.1, -0.05) is 0 Å². The first-order valence-electron chi connectivity index (χ1n) is 5.00. The smallest absolute Gasteiger partial charge is 0.408 e. The van der Waals surface area contributed by atoms with Crippen LogP contribution in [-0.4, -0.2) is 9.55 Å². The van der Waals surface area contributed by atoms with Gasteiger partial charge >= 0.3 is 5.76 Å². The summed E-state index contributed by atoms with van der Waals surface area (Å²) in [6.45, 7) is 0.458. The summed E-state index contributed by atoms with van der Waals surface area (Å²) < 4.78 is 6.69. The number of anilines is 1. The number of fused-ring (bicyclic) bond motifs is 1. The second kappa shape index (κ2) is 3.74.